The maximum atomic E-state index is 12.4. The SMILES string of the molecule is CC(C)c1ccccc1NC(=O)[C@@H](C)N1CCCCC1. The van der Waals surface area contributed by atoms with Crippen LogP contribution in [0.3, 0.4) is 0 Å². The van der Waals surface area contributed by atoms with E-state index >= 15 is 0 Å². The molecule has 1 fully saturated rings. The Morgan fingerprint density at radius 1 is 1.10 bits per heavy atom. The molecule has 3 nitrogen and oxygen atoms in total. The van der Waals surface area contributed by atoms with E-state index in [4.69, 9.17) is 0 Å². The molecule has 1 amide bonds. The van der Waals surface area contributed by atoms with E-state index in [2.05, 4.69) is 30.1 Å². The largest absolute Gasteiger partial charge is 0.324 e. The van der Waals surface area contributed by atoms with Gasteiger partial charge in [0, 0.05) is 5.69 Å². The maximum Gasteiger partial charge on any atom is 0.241 e. The first-order chi connectivity index (χ1) is 9.59. The van der Waals surface area contributed by atoms with E-state index in [0.29, 0.717) is 5.92 Å². The van der Waals surface area contributed by atoms with Crippen LogP contribution in [0.5, 0.6) is 0 Å². The summed E-state index contributed by atoms with van der Waals surface area (Å²) in [5.41, 5.74) is 2.16. The molecule has 0 aromatic heterocycles. The Morgan fingerprint density at radius 3 is 2.40 bits per heavy atom. The van der Waals surface area contributed by atoms with Gasteiger partial charge >= 0.3 is 0 Å². The fourth-order valence-electron chi connectivity index (χ4n) is 2.82. The summed E-state index contributed by atoms with van der Waals surface area (Å²) in [4.78, 5) is 14.7. The van der Waals surface area contributed by atoms with Crippen molar-refractivity contribution in [2.75, 3.05) is 18.4 Å². The number of rotatable bonds is 4. The summed E-state index contributed by atoms with van der Waals surface area (Å²) in [5, 5.41) is 3.11. The number of carbonyl (C=O) groups excluding carboxylic acids is 1. The summed E-state index contributed by atoms with van der Waals surface area (Å²) in [6.07, 6.45) is 3.71. The van der Waals surface area contributed by atoms with Crippen molar-refractivity contribution >= 4 is 11.6 Å². The van der Waals surface area contributed by atoms with Gasteiger partial charge in [0.25, 0.3) is 0 Å². The average molecular weight is 274 g/mol. The van der Waals surface area contributed by atoms with Gasteiger partial charge in [-0.15, -0.1) is 0 Å². The lowest BCUT2D eigenvalue weighted by Gasteiger charge is -2.31. The number of nitrogens with one attached hydrogen (secondary N) is 1. The minimum Gasteiger partial charge on any atom is -0.324 e. The summed E-state index contributed by atoms with van der Waals surface area (Å²) < 4.78 is 0. The molecule has 0 aliphatic carbocycles. The van der Waals surface area contributed by atoms with Crippen LogP contribution in [0.15, 0.2) is 24.3 Å². The lowest BCUT2D eigenvalue weighted by molar-refractivity contribution is -0.121. The molecule has 0 unspecified atom stereocenters. The molecule has 0 bridgehead atoms. The molecule has 1 aliphatic rings. The van der Waals surface area contributed by atoms with E-state index in [1.54, 1.807) is 0 Å². The zero-order valence-corrected chi connectivity index (χ0v) is 12.9. The van der Waals surface area contributed by atoms with E-state index < -0.39 is 0 Å². The third-order valence-corrected chi connectivity index (χ3v) is 4.16. The van der Waals surface area contributed by atoms with Crippen LogP contribution < -0.4 is 5.32 Å². The molecule has 1 aliphatic heterocycles. The van der Waals surface area contributed by atoms with Gasteiger partial charge in [0.05, 0.1) is 6.04 Å². The summed E-state index contributed by atoms with van der Waals surface area (Å²) in [7, 11) is 0. The second kappa shape index (κ2) is 6.89. The number of piperidine rings is 1. The summed E-state index contributed by atoms with van der Waals surface area (Å²) in [5.74, 6) is 0.525. The molecule has 3 heteroatoms. The lowest BCUT2D eigenvalue weighted by atomic mass is 10.0. The number of likely N-dealkylation sites (tertiary alicyclic amines) is 1. The van der Waals surface area contributed by atoms with Crippen molar-refractivity contribution in [2.24, 2.45) is 0 Å². The fourth-order valence-corrected chi connectivity index (χ4v) is 2.82. The molecular formula is C17H26N2O. The maximum absolute atomic E-state index is 12.4. The molecule has 20 heavy (non-hydrogen) atoms. The highest BCUT2D eigenvalue weighted by molar-refractivity contribution is 5.95. The Bertz CT molecular complexity index is 450. The van der Waals surface area contributed by atoms with Crippen molar-refractivity contribution in [3.05, 3.63) is 29.8 Å². The van der Waals surface area contributed by atoms with Crippen LogP contribution in [0.25, 0.3) is 0 Å². The molecule has 1 saturated heterocycles. The predicted octanol–water partition coefficient (Wildman–Crippen LogP) is 3.62. The standard InChI is InChI=1S/C17H26N2O/c1-13(2)15-9-5-6-10-16(15)18-17(20)14(3)19-11-7-4-8-12-19/h5-6,9-10,13-14H,4,7-8,11-12H2,1-3H3,(H,18,20)/t14-/m1/s1. The first-order valence-electron chi connectivity index (χ1n) is 7.73. The van der Waals surface area contributed by atoms with E-state index in [0.717, 1.165) is 18.8 Å². The highest BCUT2D eigenvalue weighted by atomic mass is 16.2. The van der Waals surface area contributed by atoms with Crippen LogP contribution >= 0.6 is 0 Å². The van der Waals surface area contributed by atoms with Crippen LogP contribution in [-0.2, 0) is 4.79 Å². The average Bonchev–Trinajstić information content (AvgIpc) is 2.47. The van der Waals surface area contributed by atoms with Crippen molar-refractivity contribution < 1.29 is 4.79 Å². The molecule has 1 heterocycles. The molecule has 1 N–H and O–H groups in total. The van der Waals surface area contributed by atoms with Gasteiger partial charge in [-0.2, -0.15) is 0 Å². The van der Waals surface area contributed by atoms with Crippen LogP contribution in [0.2, 0.25) is 0 Å². The molecule has 110 valence electrons. The fraction of sp³-hybridized carbons (Fsp3) is 0.588. The number of benzene rings is 1. The summed E-state index contributed by atoms with van der Waals surface area (Å²) in [6.45, 7) is 8.40. The molecule has 1 aromatic rings. The number of hydrogen-bond acceptors (Lipinski definition) is 2. The molecule has 0 saturated carbocycles. The molecule has 0 radical (unpaired) electrons. The Hall–Kier alpha value is -1.35. The Kier molecular flexibility index (Phi) is 5.18. The summed E-state index contributed by atoms with van der Waals surface area (Å²) in [6, 6.07) is 8.05. The number of anilines is 1. The van der Waals surface area contributed by atoms with Gasteiger partial charge < -0.3 is 5.32 Å². The first kappa shape index (κ1) is 15.0. The normalized spacial score (nSPS) is 18.0. The van der Waals surface area contributed by atoms with Gasteiger partial charge in [-0.1, -0.05) is 38.5 Å². The van der Waals surface area contributed by atoms with Crippen molar-refractivity contribution in [1.82, 2.24) is 4.90 Å². The van der Waals surface area contributed by atoms with E-state index in [9.17, 15) is 4.79 Å². The molecule has 1 atom stereocenters. The topological polar surface area (TPSA) is 32.3 Å². The Labute approximate surface area is 122 Å². The van der Waals surface area contributed by atoms with Gasteiger partial charge in [-0.25, -0.2) is 0 Å². The molecule has 1 aromatic carbocycles. The molecule has 2 rings (SSSR count). The second-order valence-electron chi connectivity index (χ2n) is 6.00. The third-order valence-electron chi connectivity index (χ3n) is 4.16. The predicted molar refractivity (Wildman–Crippen MR) is 84.0 cm³/mol. The van der Waals surface area contributed by atoms with Gasteiger partial charge in [-0.05, 0) is 50.4 Å². The molecular weight excluding hydrogens is 248 g/mol. The number of hydrogen-bond donors (Lipinski definition) is 1. The Balaban J connectivity index is 2.03. The highest BCUT2D eigenvalue weighted by Crippen LogP contribution is 2.24. The number of para-hydroxylation sites is 1. The van der Waals surface area contributed by atoms with Crippen LogP contribution in [0.1, 0.15) is 51.5 Å². The van der Waals surface area contributed by atoms with Crippen LogP contribution in [-0.4, -0.2) is 29.9 Å². The highest BCUT2D eigenvalue weighted by Gasteiger charge is 2.23. The third kappa shape index (κ3) is 3.60. The number of carbonyl (C=O) groups is 1. The quantitative estimate of drug-likeness (QED) is 0.909. The number of nitrogens with zero attached hydrogens (tertiary/aromatic N) is 1. The minimum absolute atomic E-state index is 0.0458. The van der Waals surface area contributed by atoms with E-state index in [-0.39, 0.29) is 11.9 Å². The monoisotopic (exact) mass is 274 g/mol. The van der Waals surface area contributed by atoms with Gasteiger partial charge in [0.15, 0.2) is 0 Å². The van der Waals surface area contributed by atoms with E-state index in [1.807, 2.05) is 25.1 Å². The zero-order valence-electron chi connectivity index (χ0n) is 12.9. The van der Waals surface area contributed by atoms with Crippen LogP contribution in [0.4, 0.5) is 5.69 Å². The smallest absolute Gasteiger partial charge is 0.241 e. The van der Waals surface area contributed by atoms with Gasteiger partial charge in [0.1, 0.15) is 0 Å². The van der Waals surface area contributed by atoms with Crippen LogP contribution in [0, 0.1) is 0 Å². The van der Waals surface area contributed by atoms with Gasteiger partial charge in [-0.3, -0.25) is 9.69 Å². The minimum atomic E-state index is -0.0458. The Morgan fingerprint density at radius 2 is 1.75 bits per heavy atom. The zero-order chi connectivity index (χ0) is 14.5. The second-order valence-corrected chi connectivity index (χ2v) is 6.00. The van der Waals surface area contributed by atoms with Gasteiger partial charge in [0.2, 0.25) is 5.91 Å². The summed E-state index contributed by atoms with van der Waals surface area (Å²) >= 11 is 0. The van der Waals surface area contributed by atoms with E-state index in [1.165, 1.54) is 24.8 Å². The van der Waals surface area contributed by atoms with Crippen molar-refractivity contribution in [3.8, 4) is 0 Å². The van der Waals surface area contributed by atoms with Crippen molar-refractivity contribution in [1.29, 1.82) is 0 Å². The number of amides is 1. The molecule has 0 spiro atoms. The first-order valence-corrected chi connectivity index (χ1v) is 7.73. The van der Waals surface area contributed by atoms with Crippen molar-refractivity contribution in [3.63, 3.8) is 0 Å². The van der Waals surface area contributed by atoms with Crippen molar-refractivity contribution in [2.45, 2.75) is 52.0 Å². The lowest BCUT2D eigenvalue weighted by Crippen LogP contribution is -2.44.